The summed E-state index contributed by atoms with van der Waals surface area (Å²) in [7, 11) is 1.57. The summed E-state index contributed by atoms with van der Waals surface area (Å²) in [6, 6.07) is 14.6. The Balaban J connectivity index is 1.55. The quantitative estimate of drug-likeness (QED) is 0.356. The Morgan fingerprint density at radius 2 is 1.97 bits per heavy atom. The van der Waals surface area contributed by atoms with Gasteiger partial charge in [-0.05, 0) is 60.7 Å². The summed E-state index contributed by atoms with van der Waals surface area (Å²) in [6.45, 7) is 1.44. The maximum absolute atomic E-state index is 13.2. The Morgan fingerprint density at radius 3 is 2.72 bits per heavy atom. The zero-order chi connectivity index (χ0) is 22.5. The van der Waals surface area contributed by atoms with E-state index in [1.807, 2.05) is 18.2 Å². The lowest BCUT2D eigenvalue weighted by atomic mass is 10.00. The number of methoxy groups -OCH3 is 1. The third-order valence-corrected chi connectivity index (χ3v) is 5.56. The van der Waals surface area contributed by atoms with Gasteiger partial charge in [0.05, 0.1) is 19.9 Å². The SMILES string of the molecule is COC=Cc1cc(C(=O)c2ccc(F)cc2)ccc1N1CC[C@H](Oc2ncccc2Cl)C1. The first-order valence-electron chi connectivity index (χ1n) is 10.2. The van der Waals surface area contributed by atoms with Crippen molar-refractivity contribution in [3.05, 3.63) is 94.6 Å². The van der Waals surface area contributed by atoms with Gasteiger partial charge in [0.2, 0.25) is 5.88 Å². The molecule has 7 heteroatoms. The summed E-state index contributed by atoms with van der Waals surface area (Å²) in [4.78, 5) is 19.3. The molecule has 0 bridgehead atoms. The molecule has 4 rings (SSSR count). The van der Waals surface area contributed by atoms with Crippen LogP contribution in [0.1, 0.15) is 27.9 Å². The first kappa shape index (κ1) is 21.8. The normalized spacial score (nSPS) is 15.8. The van der Waals surface area contributed by atoms with Gasteiger partial charge in [-0.3, -0.25) is 4.79 Å². The Hall–Kier alpha value is -3.38. The number of hydrogen-bond donors (Lipinski definition) is 0. The average Bonchev–Trinajstić information content (AvgIpc) is 3.27. The van der Waals surface area contributed by atoms with Crippen molar-refractivity contribution in [3.63, 3.8) is 0 Å². The summed E-state index contributed by atoms with van der Waals surface area (Å²) in [5, 5.41) is 0.485. The van der Waals surface area contributed by atoms with Crippen LogP contribution < -0.4 is 9.64 Å². The van der Waals surface area contributed by atoms with E-state index in [0.29, 0.717) is 28.6 Å². The fraction of sp³-hybridized carbons (Fsp3) is 0.200. The van der Waals surface area contributed by atoms with E-state index < -0.39 is 0 Å². The predicted octanol–water partition coefficient (Wildman–Crippen LogP) is 5.38. The highest BCUT2D eigenvalue weighted by atomic mass is 35.5. The molecule has 1 aliphatic heterocycles. The number of anilines is 1. The second-order valence-electron chi connectivity index (χ2n) is 7.41. The minimum Gasteiger partial charge on any atom is -0.504 e. The van der Waals surface area contributed by atoms with Crippen LogP contribution in [0.4, 0.5) is 10.1 Å². The van der Waals surface area contributed by atoms with Crippen LogP contribution in [0.15, 0.2) is 67.1 Å². The predicted molar refractivity (Wildman–Crippen MR) is 123 cm³/mol. The van der Waals surface area contributed by atoms with Crippen LogP contribution in [0.25, 0.3) is 6.08 Å². The van der Waals surface area contributed by atoms with Crippen molar-refractivity contribution in [2.24, 2.45) is 0 Å². The number of ketones is 1. The van der Waals surface area contributed by atoms with Crippen molar-refractivity contribution in [2.75, 3.05) is 25.1 Å². The van der Waals surface area contributed by atoms with Crippen LogP contribution in [0.2, 0.25) is 5.02 Å². The average molecular weight is 453 g/mol. The summed E-state index contributed by atoms with van der Waals surface area (Å²) >= 11 is 6.17. The molecule has 3 aromatic rings. The molecule has 0 spiro atoms. The third kappa shape index (κ3) is 4.92. The molecular formula is C25H22ClFN2O3. The van der Waals surface area contributed by atoms with Gasteiger partial charge in [-0.1, -0.05) is 11.6 Å². The van der Waals surface area contributed by atoms with Gasteiger partial charge in [0.15, 0.2) is 5.78 Å². The van der Waals surface area contributed by atoms with Gasteiger partial charge >= 0.3 is 0 Å². The number of nitrogens with zero attached hydrogens (tertiary/aromatic N) is 2. The van der Waals surface area contributed by atoms with Crippen molar-refractivity contribution in [1.82, 2.24) is 4.98 Å². The zero-order valence-corrected chi connectivity index (χ0v) is 18.3. The summed E-state index contributed by atoms with van der Waals surface area (Å²) < 4.78 is 24.3. The van der Waals surface area contributed by atoms with E-state index in [0.717, 1.165) is 24.2 Å². The fourth-order valence-corrected chi connectivity index (χ4v) is 3.85. The van der Waals surface area contributed by atoms with E-state index in [2.05, 4.69) is 9.88 Å². The monoisotopic (exact) mass is 452 g/mol. The van der Waals surface area contributed by atoms with Crippen molar-refractivity contribution in [3.8, 4) is 5.88 Å². The van der Waals surface area contributed by atoms with E-state index >= 15 is 0 Å². The van der Waals surface area contributed by atoms with Crippen molar-refractivity contribution < 1.29 is 18.7 Å². The second-order valence-corrected chi connectivity index (χ2v) is 7.82. The van der Waals surface area contributed by atoms with Crippen LogP contribution in [-0.2, 0) is 4.74 Å². The number of pyridine rings is 1. The number of rotatable bonds is 7. The number of halogens is 2. The molecule has 0 amide bonds. The molecule has 1 aliphatic rings. The molecule has 1 aromatic heterocycles. The third-order valence-electron chi connectivity index (χ3n) is 5.27. The molecule has 5 nitrogen and oxygen atoms in total. The van der Waals surface area contributed by atoms with Crippen LogP contribution in [0, 0.1) is 5.82 Å². The van der Waals surface area contributed by atoms with E-state index in [4.69, 9.17) is 21.1 Å². The molecule has 0 unspecified atom stereocenters. The molecule has 32 heavy (non-hydrogen) atoms. The van der Waals surface area contributed by atoms with Gasteiger partial charge in [0.25, 0.3) is 0 Å². The minimum atomic E-state index is -0.376. The molecule has 0 N–H and O–H groups in total. The van der Waals surface area contributed by atoms with Gasteiger partial charge in [-0.25, -0.2) is 9.37 Å². The van der Waals surface area contributed by atoms with E-state index in [-0.39, 0.29) is 17.7 Å². The molecular weight excluding hydrogens is 431 g/mol. The minimum absolute atomic E-state index is 0.0535. The number of hydrogen-bond acceptors (Lipinski definition) is 5. The Morgan fingerprint density at radius 1 is 1.19 bits per heavy atom. The molecule has 0 radical (unpaired) electrons. The number of aromatic nitrogens is 1. The first-order valence-corrected chi connectivity index (χ1v) is 10.6. The van der Waals surface area contributed by atoms with Gasteiger partial charge in [-0.15, -0.1) is 0 Å². The smallest absolute Gasteiger partial charge is 0.232 e. The molecule has 2 aromatic carbocycles. The van der Waals surface area contributed by atoms with E-state index in [1.165, 1.54) is 24.3 Å². The van der Waals surface area contributed by atoms with Gasteiger partial charge in [0, 0.05) is 41.5 Å². The standard InChI is InChI=1S/C25H22ClFN2O3/c1-31-14-11-18-15-19(24(30)17-4-7-20(27)8-5-17)6-9-23(18)29-13-10-21(16-29)32-25-22(26)3-2-12-28-25/h2-9,11-12,14-15,21H,10,13,16H2,1H3/t21-/m0/s1. The maximum Gasteiger partial charge on any atom is 0.232 e. The van der Waals surface area contributed by atoms with Crippen LogP contribution in [0.3, 0.4) is 0 Å². The first-order chi connectivity index (χ1) is 15.5. The van der Waals surface area contributed by atoms with E-state index in [9.17, 15) is 9.18 Å². The van der Waals surface area contributed by atoms with Crippen molar-refractivity contribution in [2.45, 2.75) is 12.5 Å². The topological polar surface area (TPSA) is 51.7 Å². The van der Waals surface area contributed by atoms with Gasteiger partial charge in [-0.2, -0.15) is 0 Å². The lowest BCUT2D eigenvalue weighted by Crippen LogP contribution is -2.25. The Bertz CT molecular complexity index is 1130. The van der Waals surface area contributed by atoms with Crippen LogP contribution >= 0.6 is 11.6 Å². The number of carbonyl (C=O) groups is 1. The molecule has 1 saturated heterocycles. The highest BCUT2D eigenvalue weighted by molar-refractivity contribution is 6.31. The number of carbonyl (C=O) groups excluding carboxylic acids is 1. The lowest BCUT2D eigenvalue weighted by molar-refractivity contribution is 0.103. The summed E-state index contributed by atoms with van der Waals surface area (Å²) in [5.74, 6) is -0.116. The van der Waals surface area contributed by atoms with Crippen LogP contribution in [-0.4, -0.2) is 37.1 Å². The summed E-state index contributed by atoms with van der Waals surface area (Å²) in [5.41, 5.74) is 2.76. The molecule has 0 aliphatic carbocycles. The second kappa shape index (κ2) is 9.83. The Kier molecular flexibility index (Phi) is 6.71. The van der Waals surface area contributed by atoms with Gasteiger partial charge in [0.1, 0.15) is 16.9 Å². The largest absolute Gasteiger partial charge is 0.504 e. The Labute approximate surface area is 191 Å². The molecule has 0 saturated carbocycles. The highest BCUT2D eigenvalue weighted by Gasteiger charge is 2.27. The highest BCUT2D eigenvalue weighted by Crippen LogP contribution is 2.30. The van der Waals surface area contributed by atoms with Crippen molar-refractivity contribution in [1.29, 1.82) is 0 Å². The fourth-order valence-electron chi connectivity index (χ4n) is 3.69. The van der Waals surface area contributed by atoms with Crippen molar-refractivity contribution >= 4 is 29.1 Å². The summed E-state index contributed by atoms with van der Waals surface area (Å²) in [6.07, 6.45) is 5.81. The lowest BCUT2D eigenvalue weighted by Gasteiger charge is -2.22. The van der Waals surface area contributed by atoms with Crippen LogP contribution in [0.5, 0.6) is 5.88 Å². The van der Waals surface area contributed by atoms with Gasteiger partial charge < -0.3 is 14.4 Å². The molecule has 1 fully saturated rings. The number of benzene rings is 2. The number of ether oxygens (including phenoxy) is 2. The molecule has 164 valence electrons. The molecule has 2 heterocycles. The zero-order valence-electron chi connectivity index (χ0n) is 17.5. The molecule has 1 atom stereocenters. The maximum atomic E-state index is 13.2. The van der Waals surface area contributed by atoms with E-state index in [1.54, 1.807) is 37.8 Å².